The highest BCUT2D eigenvalue weighted by Gasteiger charge is 2.21. The number of thioether (sulfide) groups is 1. The summed E-state index contributed by atoms with van der Waals surface area (Å²) >= 11 is 1.82. The lowest BCUT2D eigenvalue weighted by molar-refractivity contribution is -0.118. The van der Waals surface area contributed by atoms with Crippen molar-refractivity contribution in [2.75, 3.05) is 41.6 Å². The fourth-order valence-corrected chi connectivity index (χ4v) is 3.17. The van der Waals surface area contributed by atoms with E-state index in [0.717, 1.165) is 17.9 Å². The second-order valence-corrected chi connectivity index (χ2v) is 5.78. The van der Waals surface area contributed by atoms with Crippen molar-refractivity contribution in [3.8, 4) is 5.75 Å². The second kappa shape index (κ2) is 6.26. The minimum Gasteiger partial charge on any atom is -0.482 e. The number of hydrogen-bond donors (Lipinski definition) is 2. The summed E-state index contributed by atoms with van der Waals surface area (Å²) in [7, 11) is 2.04. The van der Waals surface area contributed by atoms with Crippen LogP contribution in [0.3, 0.4) is 0 Å². The Balaban J connectivity index is 2.31. The summed E-state index contributed by atoms with van der Waals surface area (Å²) in [5.41, 5.74) is 8.41. The molecule has 3 N–H and O–H groups in total. The first-order valence-electron chi connectivity index (χ1n) is 6.64. The molecule has 1 aliphatic heterocycles. The van der Waals surface area contributed by atoms with E-state index < -0.39 is 0 Å². The first-order chi connectivity index (χ1) is 9.56. The number of benzene rings is 1. The number of amides is 1. The first-order valence-corrected chi connectivity index (χ1v) is 8.04. The van der Waals surface area contributed by atoms with E-state index in [4.69, 9.17) is 10.5 Å². The van der Waals surface area contributed by atoms with Gasteiger partial charge < -0.3 is 20.7 Å². The maximum Gasteiger partial charge on any atom is 0.262 e. The van der Waals surface area contributed by atoms with E-state index in [1.165, 1.54) is 0 Å². The van der Waals surface area contributed by atoms with E-state index in [0.29, 0.717) is 23.2 Å². The van der Waals surface area contributed by atoms with E-state index in [1.54, 1.807) is 6.07 Å². The molecule has 110 valence electrons. The zero-order chi connectivity index (χ0) is 14.7. The summed E-state index contributed by atoms with van der Waals surface area (Å²) in [6.45, 7) is 2.21. The minimum absolute atomic E-state index is 0.0473. The topological polar surface area (TPSA) is 67.6 Å². The van der Waals surface area contributed by atoms with Gasteiger partial charge in [-0.15, -0.1) is 0 Å². The van der Waals surface area contributed by atoms with Gasteiger partial charge in [0.25, 0.3) is 5.91 Å². The van der Waals surface area contributed by atoms with Crippen LogP contribution in [0, 0.1) is 0 Å². The maximum absolute atomic E-state index is 11.4. The molecular formula is C14H21N3O2S. The molecule has 0 spiro atoms. The van der Waals surface area contributed by atoms with Gasteiger partial charge in [0.05, 0.1) is 17.1 Å². The van der Waals surface area contributed by atoms with Crippen molar-refractivity contribution in [3.05, 3.63) is 12.1 Å². The molecule has 5 nitrogen and oxygen atoms in total. The Morgan fingerprint density at radius 1 is 1.55 bits per heavy atom. The predicted molar refractivity (Wildman–Crippen MR) is 85.8 cm³/mol. The van der Waals surface area contributed by atoms with Crippen molar-refractivity contribution in [2.24, 2.45) is 0 Å². The molecule has 0 saturated carbocycles. The highest BCUT2D eigenvalue weighted by Crippen LogP contribution is 2.37. The Kier molecular flexibility index (Phi) is 4.65. The van der Waals surface area contributed by atoms with Gasteiger partial charge in [-0.1, -0.05) is 6.92 Å². The van der Waals surface area contributed by atoms with Gasteiger partial charge in [0.15, 0.2) is 6.61 Å². The molecule has 1 unspecified atom stereocenters. The summed E-state index contributed by atoms with van der Waals surface area (Å²) in [5, 5.41) is 2.82. The number of nitrogens with two attached hydrogens (primary N) is 1. The van der Waals surface area contributed by atoms with Crippen LogP contribution in [-0.4, -0.2) is 37.6 Å². The average Bonchev–Trinajstić information content (AvgIpc) is 2.43. The van der Waals surface area contributed by atoms with Crippen LogP contribution in [0.2, 0.25) is 0 Å². The number of hydrogen-bond acceptors (Lipinski definition) is 5. The largest absolute Gasteiger partial charge is 0.482 e. The monoisotopic (exact) mass is 295 g/mol. The lowest BCUT2D eigenvalue weighted by atomic mass is 10.1. The van der Waals surface area contributed by atoms with E-state index in [2.05, 4.69) is 23.4 Å². The number of rotatable bonds is 5. The molecule has 0 radical (unpaired) electrons. The van der Waals surface area contributed by atoms with Gasteiger partial charge in [0, 0.05) is 24.9 Å². The van der Waals surface area contributed by atoms with E-state index in [1.807, 2.05) is 24.9 Å². The zero-order valence-electron chi connectivity index (χ0n) is 12.1. The normalized spacial score (nSPS) is 15.1. The molecule has 0 fully saturated rings. The quantitative estimate of drug-likeness (QED) is 0.815. The third kappa shape index (κ3) is 2.95. The number of nitrogens with zero attached hydrogens (tertiary/aromatic N) is 1. The molecule has 1 amide bonds. The summed E-state index contributed by atoms with van der Waals surface area (Å²) in [5.74, 6) is 1.54. The molecule has 20 heavy (non-hydrogen) atoms. The summed E-state index contributed by atoms with van der Waals surface area (Å²) in [4.78, 5) is 13.6. The third-order valence-electron chi connectivity index (χ3n) is 3.52. The molecule has 0 aliphatic carbocycles. The first kappa shape index (κ1) is 14.8. The number of carbonyl (C=O) groups excluding carboxylic acids is 1. The van der Waals surface area contributed by atoms with Gasteiger partial charge in [0.2, 0.25) is 0 Å². The molecule has 1 heterocycles. The van der Waals surface area contributed by atoms with Gasteiger partial charge in [-0.3, -0.25) is 4.79 Å². The lowest BCUT2D eigenvalue weighted by Crippen LogP contribution is -2.34. The van der Waals surface area contributed by atoms with Crippen LogP contribution in [0.4, 0.5) is 17.1 Å². The highest BCUT2D eigenvalue weighted by molar-refractivity contribution is 7.98. The number of nitrogens with one attached hydrogen (secondary N) is 1. The van der Waals surface area contributed by atoms with Gasteiger partial charge in [-0.2, -0.15) is 11.8 Å². The van der Waals surface area contributed by atoms with Gasteiger partial charge in [-0.05, 0) is 18.7 Å². The number of anilines is 3. The molecule has 0 bridgehead atoms. The summed E-state index contributed by atoms with van der Waals surface area (Å²) in [6, 6.07) is 4.09. The number of ether oxygens (including phenoxy) is 1. The molecule has 1 aromatic rings. The van der Waals surface area contributed by atoms with Crippen molar-refractivity contribution in [2.45, 2.75) is 19.4 Å². The molecule has 0 aromatic heterocycles. The van der Waals surface area contributed by atoms with E-state index in [-0.39, 0.29) is 12.5 Å². The Morgan fingerprint density at radius 2 is 2.30 bits per heavy atom. The van der Waals surface area contributed by atoms with Crippen LogP contribution in [-0.2, 0) is 4.79 Å². The van der Waals surface area contributed by atoms with Gasteiger partial charge >= 0.3 is 0 Å². The van der Waals surface area contributed by atoms with Crippen LogP contribution >= 0.6 is 11.8 Å². The van der Waals surface area contributed by atoms with Crippen LogP contribution in [0.25, 0.3) is 0 Å². The fraction of sp³-hybridized carbons (Fsp3) is 0.500. The van der Waals surface area contributed by atoms with E-state index in [9.17, 15) is 4.79 Å². The lowest BCUT2D eigenvalue weighted by Gasteiger charge is -2.31. The van der Waals surface area contributed by atoms with Crippen molar-refractivity contribution in [1.82, 2.24) is 0 Å². The second-order valence-electron chi connectivity index (χ2n) is 4.87. The third-order valence-corrected chi connectivity index (χ3v) is 4.24. The molecule has 6 heteroatoms. The SMILES string of the molecule is CCC(CSC)N(C)c1cc2c(cc1N)OCC(=O)N2. The number of fused-ring (bicyclic) bond motifs is 1. The van der Waals surface area contributed by atoms with Crippen LogP contribution < -0.4 is 20.7 Å². The van der Waals surface area contributed by atoms with Gasteiger partial charge in [-0.25, -0.2) is 0 Å². The Hall–Kier alpha value is -1.56. The molecule has 1 atom stereocenters. The van der Waals surface area contributed by atoms with Crippen LogP contribution in [0.5, 0.6) is 5.75 Å². The predicted octanol–water partition coefficient (Wildman–Crippen LogP) is 2.18. The van der Waals surface area contributed by atoms with Crippen molar-refractivity contribution in [3.63, 3.8) is 0 Å². The molecular weight excluding hydrogens is 274 g/mol. The van der Waals surface area contributed by atoms with Gasteiger partial charge in [0.1, 0.15) is 5.75 Å². The summed E-state index contributed by atoms with van der Waals surface area (Å²) < 4.78 is 5.37. The number of carbonyl (C=O) groups is 1. The van der Waals surface area contributed by atoms with Crippen LogP contribution in [0.15, 0.2) is 12.1 Å². The van der Waals surface area contributed by atoms with Crippen molar-refractivity contribution >= 4 is 34.7 Å². The Labute approximate surface area is 123 Å². The average molecular weight is 295 g/mol. The maximum atomic E-state index is 11.4. The standard InChI is InChI=1S/C14H21N3O2S/c1-4-9(8-20-3)17(2)12-6-11-13(5-10(12)15)19-7-14(18)16-11/h5-6,9H,4,7-8,15H2,1-3H3,(H,16,18). The molecule has 0 saturated heterocycles. The smallest absolute Gasteiger partial charge is 0.262 e. The minimum atomic E-state index is -0.132. The zero-order valence-corrected chi connectivity index (χ0v) is 12.9. The molecule has 1 aliphatic rings. The van der Waals surface area contributed by atoms with E-state index >= 15 is 0 Å². The van der Waals surface area contributed by atoms with Crippen LogP contribution in [0.1, 0.15) is 13.3 Å². The van der Waals surface area contributed by atoms with Crippen molar-refractivity contribution < 1.29 is 9.53 Å². The Bertz CT molecular complexity index is 507. The van der Waals surface area contributed by atoms with Crippen molar-refractivity contribution in [1.29, 1.82) is 0 Å². The Morgan fingerprint density at radius 3 is 2.95 bits per heavy atom. The number of nitrogen functional groups attached to an aromatic ring is 1. The molecule has 1 aromatic carbocycles. The highest BCUT2D eigenvalue weighted by atomic mass is 32.2. The summed E-state index contributed by atoms with van der Waals surface area (Å²) in [6.07, 6.45) is 3.14. The molecule has 2 rings (SSSR count). The fourth-order valence-electron chi connectivity index (χ4n) is 2.33.